The van der Waals surface area contributed by atoms with Gasteiger partial charge in [0.2, 0.25) is 0 Å². The summed E-state index contributed by atoms with van der Waals surface area (Å²) in [5.41, 5.74) is 5.19. The van der Waals surface area contributed by atoms with E-state index < -0.39 is 12.0 Å². The number of ether oxygens (including phenoxy) is 3. The van der Waals surface area contributed by atoms with Gasteiger partial charge in [-0.3, -0.25) is 4.79 Å². The molecule has 0 bridgehead atoms. The average Bonchev–Trinajstić information content (AvgIpc) is 2.74. The molecular formula is C21H28N2O6S. The van der Waals surface area contributed by atoms with Crippen LogP contribution in [0.15, 0.2) is 42.5 Å². The van der Waals surface area contributed by atoms with Gasteiger partial charge < -0.3 is 35.5 Å². The number of aromatic hydroxyl groups is 1. The number of aliphatic hydroxyl groups excluding tert-OH is 1. The molecule has 0 aliphatic rings. The molecule has 0 spiro atoms. The molecule has 5 N–H and O–H groups in total. The highest BCUT2D eigenvalue weighted by Crippen LogP contribution is 2.22. The lowest BCUT2D eigenvalue weighted by molar-refractivity contribution is 0.0996. The summed E-state index contributed by atoms with van der Waals surface area (Å²) in [4.78, 5) is 11.2. The molecular weight excluding hydrogens is 408 g/mol. The fourth-order valence-corrected chi connectivity index (χ4v) is 2.69. The number of rotatable bonds is 14. The number of carbonyl (C=O) groups is 1. The molecule has 2 aromatic carbocycles. The third-order valence-electron chi connectivity index (χ3n) is 3.98. The summed E-state index contributed by atoms with van der Waals surface area (Å²) in [5.74, 6) is 1.90. The molecule has 164 valence electrons. The number of amides is 1. The molecule has 0 aliphatic heterocycles. The highest BCUT2D eigenvalue weighted by atomic mass is 32.2. The van der Waals surface area contributed by atoms with Gasteiger partial charge in [0.25, 0.3) is 5.91 Å². The molecule has 0 aromatic heterocycles. The number of benzene rings is 2. The van der Waals surface area contributed by atoms with Crippen LogP contribution in [0.25, 0.3) is 0 Å². The zero-order valence-corrected chi connectivity index (χ0v) is 17.7. The van der Waals surface area contributed by atoms with Crippen LogP contribution in [0, 0.1) is 0 Å². The first-order chi connectivity index (χ1) is 14.5. The molecule has 2 aromatic rings. The maximum Gasteiger partial charge on any atom is 0.252 e. The fourth-order valence-electron chi connectivity index (χ4n) is 2.44. The minimum absolute atomic E-state index is 0.00703. The van der Waals surface area contributed by atoms with Crippen LogP contribution < -0.4 is 25.3 Å². The Balaban J connectivity index is 1.60. The number of primary amides is 1. The van der Waals surface area contributed by atoms with E-state index in [0.29, 0.717) is 37.8 Å². The van der Waals surface area contributed by atoms with Crippen molar-refractivity contribution in [1.82, 2.24) is 5.32 Å². The Morgan fingerprint density at radius 2 is 1.70 bits per heavy atom. The number of phenols is 1. The third-order valence-corrected chi connectivity index (χ3v) is 4.56. The normalized spacial score (nSPS) is 11.7. The summed E-state index contributed by atoms with van der Waals surface area (Å²) in [7, 11) is 0. The van der Waals surface area contributed by atoms with Gasteiger partial charge in [-0.15, -0.1) is 0 Å². The zero-order chi connectivity index (χ0) is 21.8. The Kier molecular flexibility index (Phi) is 10.1. The average molecular weight is 437 g/mol. The molecule has 1 unspecified atom stereocenters. The zero-order valence-electron chi connectivity index (χ0n) is 16.9. The lowest BCUT2D eigenvalue weighted by atomic mass is 10.2. The summed E-state index contributed by atoms with van der Waals surface area (Å²) in [6.45, 7) is 1.94. The van der Waals surface area contributed by atoms with Crippen LogP contribution in [-0.2, 0) is 0 Å². The SMILES string of the molecule is CSCCOc1ccc(OCC(O)CNCCOc2ccc(O)c(C(N)=O)c2)cc1. The first kappa shape index (κ1) is 23.7. The summed E-state index contributed by atoms with van der Waals surface area (Å²) >= 11 is 1.73. The van der Waals surface area contributed by atoms with Crippen molar-refractivity contribution in [2.45, 2.75) is 6.10 Å². The highest BCUT2D eigenvalue weighted by Gasteiger charge is 2.09. The first-order valence-electron chi connectivity index (χ1n) is 9.48. The van der Waals surface area contributed by atoms with Crippen LogP contribution in [0.1, 0.15) is 10.4 Å². The van der Waals surface area contributed by atoms with Gasteiger partial charge in [0.05, 0.1) is 12.2 Å². The summed E-state index contributed by atoms with van der Waals surface area (Å²) in [5, 5.41) is 22.6. The van der Waals surface area contributed by atoms with Crippen molar-refractivity contribution in [1.29, 1.82) is 0 Å². The largest absolute Gasteiger partial charge is 0.507 e. The quantitative estimate of drug-likeness (QED) is 0.330. The second kappa shape index (κ2) is 12.8. The van der Waals surface area contributed by atoms with E-state index in [2.05, 4.69) is 5.32 Å². The van der Waals surface area contributed by atoms with E-state index >= 15 is 0 Å². The minimum Gasteiger partial charge on any atom is -0.507 e. The van der Waals surface area contributed by atoms with Crippen molar-refractivity contribution in [2.24, 2.45) is 5.73 Å². The number of nitrogens with one attached hydrogen (secondary N) is 1. The van der Waals surface area contributed by atoms with Crippen LogP contribution in [0.5, 0.6) is 23.0 Å². The Morgan fingerprint density at radius 1 is 1.07 bits per heavy atom. The third kappa shape index (κ3) is 8.40. The predicted octanol–water partition coefficient (Wildman–Crippen LogP) is 1.64. The van der Waals surface area contributed by atoms with Crippen molar-refractivity contribution in [2.75, 3.05) is 44.9 Å². The maximum atomic E-state index is 11.2. The molecule has 9 heteroatoms. The van der Waals surface area contributed by atoms with Gasteiger partial charge in [0.1, 0.15) is 42.3 Å². The summed E-state index contributed by atoms with van der Waals surface area (Å²) in [6.07, 6.45) is 1.35. The Bertz CT molecular complexity index is 788. The van der Waals surface area contributed by atoms with Crippen LogP contribution in [0.4, 0.5) is 0 Å². The lowest BCUT2D eigenvalue weighted by Gasteiger charge is -2.14. The van der Waals surface area contributed by atoms with Gasteiger partial charge in [-0.1, -0.05) is 0 Å². The topological polar surface area (TPSA) is 123 Å². The van der Waals surface area contributed by atoms with Gasteiger partial charge in [-0.05, 0) is 48.7 Å². The molecule has 0 saturated heterocycles. The van der Waals surface area contributed by atoms with E-state index in [1.807, 2.05) is 18.4 Å². The number of nitrogens with two attached hydrogens (primary N) is 1. The number of thioether (sulfide) groups is 1. The molecule has 2 rings (SSSR count). The van der Waals surface area contributed by atoms with Gasteiger partial charge in [0.15, 0.2) is 0 Å². The van der Waals surface area contributed by atoms with Crippen molar-refractivity contribution >= 4 is 17.7 Å². The molecule has 0 fully saturated rings. The monoisotopic (exact) mass is 436 g/mol. The van der Waals surface area contributed by atoms with Gasteiger partial charge in [-0.2, -0.15) is 11.8 Å². The van der Waals surface area contributed by atoms with E-state index in [1.165, 1.54) is 12.1 Å². The minimum atomic E-state index is -0.725. The molecule has 30 heavy (non-hydrogen) atoms. The van der Waals surface area contributed by atoms with Gasteiger partial charge in [-0.25, -0.2) is 0 Å². The van der Waals surface area contributed by atoms with Gasteiger partial charge in [0, 0.05) is 18.8 Å². The molecule has 0 radical (unpaired) electrons. The number of aliphatic hydroxyl groups is 1. The Labute approximate surface area is 180 Å². The lowest BCUT2D eigenvalue weighted by Crippen LogP contribution is -2.33. The van der Waals surface area contributed by atoms with Crippen molar-refractivity contribution in [3.63, 3.8) is 0 Å². The van der Waals surface area contributed by atoms with E-state index in [4.69, 9.17) is 19.9 Å². The molecule has 0 saturated carbocycles. The van der Waals surface area contributed by atoms with Crippen molar-refractivity contribution in [3.05, 3.63) is 48.0 Å². The van der Waals surface area contributed by atoms with Crippen LogP contribution in [0.3, 0.4) is 0 Å². The van der Waals surface area contributed by atoms with E-state index in [1.54, 1.807) is 30.0 Å². The molecule has 1 amide bonds. The van der Waals surface area contributed by atoms with Crippen molar-refractivity contribution < 1.29 is 29.2 Å². The molecule has 1 atom stereocenters. The molecule has 0 heterocycles. The van der Waals surface area contributed by atoms with Gasteiger partial charge >= 0.3 is 0 Å². The second-order valence-corrected chi connectivity index (χ2v) is 7.36. The predicted molar refractivity (Wildman–Crippen MR) is 117 cm³/mol. The van der Waals surface area contributed by atoms with E-state index in [0.717, 1.165) is 11.5 Å². The highest BCUT2D eigenvalue weighted by molar-refractivity contribution is 7.98. The number of carbonyl (C=O) groups excluding carboxylic acids is 1. The van der Waals surface area contributed by atoms with E-state index in [9.17, 15) is 15.0 Å². The maximum absolute atomic E-state index is 11.2. The summed E-state index contributed by atoms with van der Waals surface area (Å²) in [6, 6.07) is 11.6. The first-order valence-corrected chi connectivity index (χ1v) is 10.9. The standard InChI is InChI=1S/C21H28N2O6S/c1-30-11-10-28-16-2-4-17(5-3-16)29-14-15(24)13-23-8-9-27-18-6-7-20(25)19(12-18)21(22)26/h2-7,12,15,23-25H,8-11,13-14H2,1H3,(H2,22,26). The number of hydrogen-bond acceptors (Lipinski definition) is 8. The molecule has 0 aliphatic carbocycles. The van der Waals surface area contributed by atoms with Crippen LogP contribution >= 0.6 is 11.8 Å². The Hall–Kier alpha value is -2.62. The number of hydrogen-bond donors (Lipinski definition) is 4. The van der Waals surface area contributed by atoms with E-state index in [-0.39, 0.29) is 17.9 Å². The molecule has 8 nitrogen and oxygen atoms in total. The van der Waals surface area contributed by atoms with Crippen molar-refractivity contribution in [3.8, 4) is 23.0 Å². The summed E-state index contributed by atoms with van der Waals surface area (Å²) < 4.78 is 16.7. The van der Waals surface area contributed by atoms with Crippen LogP contribution in [0.2, 0.25) is 0 Å². The Morgan fingerprint density at radius 3 is 2.37 bits per heavy atom. The smallest absolute Gasteiger partial charge is 0.252 e. The second-order valence-electron chi connectivity index (χ2n) is 6.37. The van der Waals surface area contributed by atoms with Crippen LogP contribution in [-0.4, -0.2) is 67.1 Å². The fraction of sp³-hybridized carbons (Fsp3) is 0.381.